The van der Waals surface area contributed by atoms with Crippen molar-refractivity contribution in [2.24, 2.45) is 0 Å². The van der Waals surface area contributed by atoms with Crippen LogP contribution in [0.3, 0.4) is 0 Å². The summed E-state index contributed by atoms with van der Waals surface area (Å²) in [5.41, 5.74) is 2.55. The average molecular weight is 460 g/mol. The van der Waals surface area contributed by atoms with E-state index in [1.807, 2.05) is 29.2 Å². The molecule has 0 radical (unpaired) electrons. The fourth-order valence-corrected chi connectivity index (χ4v) is 3.86. The minimum Gasteiger partial charge on any atom is -0.466 e. The third-order valence-electron chi connectivity index (χ3n) is 5.30. The van der Waals surface area contributed by atoms with Gasteiger partial charge in [0.1, 0.15) is 6.61 Å². The number of carbonyl (C=O) groups is 1. The number of nitrogens with zero attached hydrogens (tertiary/aromatic N) is 2. The van der Waals surface area contributed by atoms with Crippen LogP contribution in [0.5, 0.6) is 0 Å². The van der Waals surface area contributed by atoms with E-state index in [-0.39, 0.29) is 5.78 Å². The van der Waals surface area contributed by atoms with Crippen molar-refractivity contribution < 1.29 is 13.9 Å². The molecule has 1 saturated heterocycles. The van der Waals surface area contributed by atoms with Crippen molar-refractivity contribution in [3.8, 4) is 0 Å². The number of carbonyl (C=O) groups excluding carboxylic acids is 1. The summed E-state index contributed by atoms with van der Waals surface area (Å²) in [7, 11) is 0. The Balaban J connectivity index is 1.21. The van der Waals surface area contributed by atoms with E-state index >= 15 is 0 Å². The van der Waals surface area contributed by atoms with Crippen LogP contribution in [0.25, 0.3) is 11.1 Å². The Bertz CT molecular complexity index is 1130. The molecule has 1 aromatic heterocycles. The van der Waals surface area contributed by atoms with E-state index in [1.54, 1.807) is 18.2 Å². The highest BCUT2D eigenvalue weighted by atomic mass is 35.5. The zero-order valence-electron chi connectivity index (χ0n) is 16.8. The Morgan fingerprint density at radius 2 is 1.87 bits per heavy atom. The summed E-state index contributed by atoms with van der Waals surface area (Å²) in [6, 6.07) is 12.5. The van der Waals surface area contributed by atoms with Crippen LogP contribution < -0.4 is 5.76 Å². The first kappa shape index (κ1) is 21.5. The van der Waals surface area contributed by atoms with E-state index in [0.717, 1.165) is 31.7 Å². The fraction of sp³-hybridized carbons (Fsp3) is 0.318. The van der Waals surface area contributed by atoms with Gasteiger partial charge in [-0.3, -0.25) is 14.7 Å². The number of benzene rings is 2. The van der Waals surface area contributed by atoms with E-state index in [1.165, 1.54) is 0 Å². The number of hydrogen-bond acceptors (Lipinski definition) is 6. The Morgan fingerprint density at radius 3 is 2.61 bits per heavy atom. The molecule has 2 heterocycles. The zero-order valence-corrected chi connectivity index (χ0v) is 18.4. The molecule has 0 spiro atoms. The van der Waals surface area contributed by atoms with Crippen molar-refractivity contribution >= 4 is 45.9 Å². The molecule has 162 valence electrons. The zero-order chi connectivity index (χ0) is 21.8. The van der Waals surface area contributed by atoms with E-state index in [2.05, 4.69) is 9.88 Å². The maximum absolute atomic E-state index is 12.5. The van der Waals surface area contributed by atoms with E-state index in [9.17, 15) is 9.59 Å². The molecule has 0 unspecified atom stereocenters. The lowest BCUT2D eigenvalue weighted by Crippen LogP contribution is -2.49. The number of fused-ring (bicyclic) bond motifs is 1. The molecule has 3 aromatic rings. The molecule has 0 aliphatic carbocycles. The molecule has 2 aromatic carbocycles. The number of thiocarbonyl (C=S) groups is 1. The predicted molar refractivity (Wildman–Crippen MR) is 123 cm³/mol. The van der Waals surface area contributed by atoms with Crippen molar-refractivity contribution in [1.82, 2.24) is 14.8 Å². The molecule has 1 N–H and O–H groups in total. The summed E-state index contributed by atoms with van der Waals surface area (Å²) >= 11 is 11.3. The molecule has 0 bridgehead atoms. The Morgan fingerprint density at radius 1 is 1.13 bits per heavy atom. The smallest absolute Gasteiger partial charge is 0.417 e. The number of ketones is 1. The average Bonchev–Trinajstić information content (AvgIpc) is 3.16. The number of hydrogen-bond donors (Lipinski definition) is 1. The molecule has 0 saturated carbocycles. The van der Waals surface area contributed by atoms with Gasteiger partial charge >= 0.3 is 5.76 Å². The third-order valence-corrected chi connectivity index (χ3v) is 5.93. The molecule has 7 nitrogen and oxygen atoms in total. The van der Waals surface area contributed by atoms with Gasteiger partial charge in [-0.05, 0) is 48.1 Å². The number of aromatic amines is 1. The largest absolute Gasteiger partial charge is 0.466 e. The standard InChI is InChI=1S/C22H22ClN3O4S/c23-17-4-1-15(2-5-17)14-29-22(31)26-11-9-25(10-12-26)8-7-19(27)16-3-6-18-20(13-16)30-21(28)24-18/h1-6,13H,7-12,14H2,(H,24,28). The second-order valence-corrected chi connectivity index (χ2v) is 8.19. The minimum atomic E-state index is -0.521. The highest BCUT2D eigenvalue weighted by molar-refractivity contribution is 7.80. The number of halogens is 1. The quantitative estimate of drug-likeness (QED) is 0.446. The van der Waals surface area contributed by atoms with Crippen LogP contribution in [0.1, 0.15) is 22.3 Å². The predicted octanol–water partition coefficient (Wildman–Crippen LogP) is 3.47. The van der Waals surface area contributed by atoms with E-state index in [4.69, 9.17) is 33.0 Å². The summed E-state index contributed by atoms with van der Waals surface area (Å²) in [6.45, 7) is 4.21. The van der Waals surface area contributed by atoms with Gasteiger partial charge in [0.25, 0.3) is 5.17 Å². The fourth-order valence-electron chi connectivity index (χ4n) is 3.49. The summed E-state index contributed by atoms with van der Waals surface area (Å²) in [4.78, 5) is 30.7. The van der Waals surface area contributed by atoms with Gasteiger partial charge < -0.3 is 14.1 Å². The van der Waals surface area contributed by atoms with Crippen molar-refractivity contribution in [2.45, 2.75) is 13.0 Å². The number of nitrogens with one attached hydrogen (secondary N) is 1. The molecular weight excluding hydrogens is 438 g/mol. The van der Waals surface area contributed by atoms with Crippen LogP contribution in [0.4, 0.5) is 0 Å². The van der Waals surface area contributed by atoms with Crippen LogP contribution in [0, 0.1) is 0 Å². The number of rotatable bonds is 6. The van der Waals surface area contributed by atoms with Gasteiger partial charge in [-0.1, -0.05) is 23.7 Å². The van der Waals surface area contributed by atoms with Crippen molar-refractivity contribution in [1.29, 1.82) is 0 Å². The van der Waals surface area contributed by atoms with Gasteiger partial charge in [0.15, 0.2) is 11.4 Å². The maximum Gasteiger partial charge on any atom is 0.417 e. The lowest BCUT2D eigenvalue weighted by atomic mass is 10.1. The highest BCUT2D eigenvalue weighted by Crippen LogP contribution is 2.15. The number of H-pyrrole nitrogens is 1. The molecule has 9 heteroatoms. The first-order valence-electron chi connectivity index (χ1n) is 10.0. The molecule has 1 fully saturated rings. The SMILES string of the molecule is O=C(CCN1CCN(C(=S)OCc2ccc(Cl)cc2)CC1)c1ccc2[nH]c(=O)oc2c1. The van der Waals surface area contributed by atoms with Crippen LogP contribution in [0.15, 0.2) is 51.7 Å². The highest BCUT2D eigenvalue weighted by Gasteiger charge is 2.20. The van der Waals surface area contributed by atoms with Crippen LogP contribution in [-0.2, 0) is 11.3 Å². The molecule has 0 atom stereocenters. The van der Waals surface area contributed by atoms with Gasteiger partial charge in [-0.15, -0.1) is 0 Å². The number of aromatic nitrogens is 1. The lowest BCUT2D eigenvalue weighted by Gasteiger charge is -2.35. The normalized spacial score (nSPS) is 14.7. The van der Waals surface area contributed by atoms with Crippen molar-refractivity contribution in [3.63, 3.8) is 0 Å². The summed E-state index contributed by atoms with van der Waals surface area (Å²) in [5, 5.41) is 1.18. The third kappa shape index (κ3) is 5.52. The van der Waals surface area contributed by atoms with Gasteiger partial charge in [-0.2, -0.15) is 0 Å². The van der Waals surface area contributed by atoms with Crippen LogP contribution >= 0.6 is 23.8 Å². The summed E-state index contributed by atoms with van der Waals surface area (Å²) in [5.74, 6) is -0.498. The van der Waals surface area contributed by atoms with E-state index < -0.39 is 5.76 Å². The first-order chi connectivity index (χ1) is 15.0. The molecule has 1 aliphatic heterocycles. The van der Waals surface area contributed by atoms with Crippen molar-refractivity contribution in [2.75, 3.05) is 32.7 Å². The van der Waals surface area contributed by atoms with Gasteiger partial charge in [0.05, 0.1) is 5.52 Å². The van der Waals surface area contributed by atoms with Crippen LogP contribution in [-0.4, -0.2) is 58.5 Å². The maximum atomic E-state index is 12.5. The molecular formula is C22H22ClN3O4S. The Labute approximate surface area is 189 Å². The molecule has 0 amide bonds. The van der Waals surface area contributed by atoms with Gasteiger partial charge in [0, 0.05) is 49.7 Å². The van der Waals surface area contributed by atoms with Crippen LogP contribution in [0.2, 0.25) is 5.02 Å². The number of piperazine rings is 1. The number of Topliss-reactive ketones (excluding diaryl/α,β-unsaturated/α-hetero) is 1. The Hall–Kier alpha value is -2.68. The van der Waals surface area contributed by atoms with E-state index in [0.29, 0.717) is 46.4 Å². The second-order valence-electron chi connectivity index (χ2n) is 7.41. The monoisotopic (exact) mass is 459 g/mol. The number of ether oxygens (including phenoxy) is 1. The number of oxazole rings is 1. The minimum absolute atomic E-state index is 0.0231. The van der Waals surface area contributed by atoms with Gasteiger partial charge in [-0.25, -0.2) is 4.79 Å². The lowest BCUT2D eigenvalue weighted by molar-refractivity contribution is 0.0943. The summed E-state index contributed by atoms with van der Waals surface area (Å²) < 4.78 is 10.8. The second kappa shape index (κ2) is 9.64. The Kier molecular flexibility index (Phi) is 6.70. The first-order valence-corrected chi connectivity index (χ1v) is 10.8. The molecule has 1 aliphatic rings. The molecule has 4 rings (SSSR count). The topological polar surface area (TPSA) is 78.8 Å². The van der Waals surface area contributed by atoms with Crippen molar-refractivity contribution in [3.05, 3.63) is 69.2 Å². The summed E-state index contributed by atoms with van der Waals surface area (Å²) in [6.07, 6.45) is 0.400. The van der Waals surface area contributed by atoms with Gasteiger partial charge in [0.2, 0.25) is 0 Å². The molecule has 31 heavy (non-hydrogen) atoms.